The van der Waals surface area contributed by atoms with E-state index in [1.165, 1.54) is 30.7 Å². The number of allylic oxidation sites excluding steroid dienone is 2. The standard InChI is InChI=1S/C22H28FNO4S/c23-19-6-4-5-16(13-19)11-12-29(27,28)24-15-21-18-10-9-17(14-18)20(21)7-2-1-3-8-22(25)26/h2,4-7,11-13,17-18,20-21,24H,1,3,8-10,14-15H2,(H,25,26)/b7-2+,12-11+. The fourth-order valence-corrected chi connectivity index (χ4v) is 5.58. The van der Waals surface area contributed by atoms with E-state index in [4.69, 9.17) is 5.11 Å². The molecule has 29 heavy (non-hydrogen) atoms. The molecule has 2 N–H and O–H groups in total. The van der Waals surface area contributed by atoms with Gasteiger partial charge < -0.3 is 5.11 Å². The van der Waals surface area contributed by atoms with Gasteiger partial charge in [0.15, 0.2) is 0 Å². The van der Waals surface area contributed by atoms with Crippen LogP contribution in [0.1, 0.15) is 44.1 Å². The van der Waals surface area contributed by atoms with Gasteiger partial charge in [-0.15, -0.1) is 0 Å². The van der Waals surface area contributed by atoms with Crippen LogP contribution in [0.25, 0.3) is 6.08 Å². The van der Waals surface area contributed by atoms with Crippen LogP contribution < -0.4 is 4.72 Å². The Labute approximate surface area is 171 Å². The van der Waals surface area contributed by atoms with Gasteiger partial charge in [0.25, 0.3) is 0 Å². The molecule has 0 saturated heterocycles. The second kappa shape index (κ2) is 9.67. The van der Waals surface area contributed by atoms with Crippen molar-refractivity contribution in [2.75, 3.05) is 6.54 Å². The summed E-state index contributed by atoms with van der Waals surface area (Å²) in [4.78, 5) is 10.6. The summed E-state index contributed by atoms with van der Waals surface area (Å²) >= 11 is 0. The summed E-state index contributed by atoms with van der Waals surface area (Å²) in [6.45, 7) is 0.390. The molecule has 2 aliphatic rings. The quantitative estimate of drug-likeness (QED) is 0.438. The minimum atomic E-state index is -3.60. The molecule has 158 valence electrons. The average molecular weight is 422 g/mol. The molecule has 4 atom stereocenters. The van der Waals surface area contributed by atoms with Gasteiger partial charge in [0.1, 0.15) is 5.82 Å². The van der Waals surface area contributed by atoms with Crippen LogP contribution in [0.4, 0.5) is 4.39 Å². The van der Waals surface area contributed by atoms with Crippen molar-refractivity contribution in [2.24, 2.45) is 23.7 Å². The van der Waals surface area contributed by atoms with E-state index in [1.807, 2.05) is 0 Å². The largest absolute Gasteiger partial charge is 0.481 e. The topological polar surface area (TPSA) is 83.5 Å². The van der Waals surface area contributed by atoms with E-state index in [9.17, 15) is 17.6 Å². The minimum absolute atomic E-state index is 0.169. The van der Waals surface area contributed by atoms with Gasteiger partial charge in [0.2, 0.25) is 10.0 Å². The minimum Gasteiger partial charge on any atom is -0.481 e. The van der Waals surface area contributed by atoms with Crippen molar-refractivity contribution in [1.29, 1.82) is 0 Å². The number of hydrogen-bond donors (Lipinski definition) is 2. The third kappa shape index (κ3) is 6.24. The molecule has 4 unspecified atom stereocenters. The predicted octanol–water partition coefficient (Wildman–Crippen LogP) is 4.19. The third-order valence-corrected chi connectivity index (χ3v) is 7.15. The molecule has 2 fully saturated rings. The van der Waals surface area contributed by atoms with Gasteiger partial charge in [0, 0.05) is 18.4 Å². The van der Waals surface area contributed by atoms with E-state index in [1.54, 1.807) is 6.07 Å². The summed E-state index contributed by atoms with van der Waals surface area (Å²) in [5.74, 6) is 0.543. The highest BCUT2D eigenvalue weighted by molar-refractivity contribution is 7.92. The van der Waals surface area contributed by atoms with Gasteiger partial charge >= 0.3 is 5.97 Å². The summed E-state index contributed by atoms with van der Waals surface area (Å²) in [7, 11) is -3.60. The molecule has 0 spiro atoms. The highest BCUT2D eigenvalue weighted by Crippen LogP contribution is 2.52. The Morgan fingerprint density at radius 2 is 2.07 bits per heavy atom. The van der Waals surface area contributed by atoms with Crippen LogP contribution >= 0.6 is 0 Å². The number of fused-ring (bicyclic) bond motifs is 2. The monoisotopic (exact) mass is 421 g/mol. The van der Waals surface area contributed by atoms with Gasteiger partial charge in [-0.05, 0) is 79.5 Å². The smallest absolute Gasteiger partial charge is 0.303 e. The maximum absolute atomic E-state index is 13.2. The third-order valence-electron chi connectivity index (χ3n) is 6.09. The summed E-state index contributed by atoms with van der Waals surface area (Å²) in [6.07, 6.45) is 10.6. The Kier molecular flexibility index (Phi) is 7.24. The molecule has 2 bridgehead atoms. The van der Waals surface area contributed by atoms with Crippen LogP contribution in [0.3, 0.4) is 0 Å². The lowest BCUT2D eigenvalue weighted by molar-refractivity contribution is -0.137. The van der Waals surface area contributed by atoms with Crippen LogP contribution in [-0.4, -0.2) is 26.0 Å². The van der Waals surface area contributed by atoms with Crippen LogP contribution in [0.5, 0.6) is 0 Å². The summed E-state index contributed by atoms with van der Waals surface area (Å²) in [5.41, 5.74) is 0.498. The Morgan fingerprint density at radius 1 is 1.28 bits per heavy atom. The fraction of sp³-hybridized carbons (Fsp3) is 0.500. The number of halogens is 1. The molecule has 2 aliphatic carbocycles. The Morgan fingerprint density at radius 3 is 2.83 bits per heavy atom. The second-order valence-corrected chi connectivity index (χ2v) is 9.69. The number of carbonyl (C=O) groups is 1. The zero-order valence-electron chi connectivity index (χ0n) is 16.3. The molecule has 0 amide bonds. The molecular formula is C22H28FNO4S. The average Bonchev–Trinajstić information content (AvgIpc) is 3.26. The molecular weight excluding hydrogens is 393 g/mol. The molecule has 7 heteroatoms. The van der Waals surface area contributed by atoms with Crippen LogP contribution in [0.2, 0.25) is 0 Å². The molecule has 1 aromatic carbocycles. The first-order chi connectivity index (χ1) is 13.8. The first-order valence-corrected chi connectivity index (χ1v) is 11.7. The van der Waals surface area contributed by atoms with Crippen molar-refractivity contribution in [1.82, 2.24) is 4.72 Å². The van der Waals surface area contributed by atoms with Crippen molar-refractivity contribution < 1.29 is 22.7 Å². The van der Waals surface area contributed by atoms with E-state index in [2.05, 4.69) is 16.9 Å². The van der Waals surface area contributed by atoms with E-state index < -0.39 is 21.8 Å². The lowest BCUT2D eigenvalue weighted by Gasteiger charge is -2.29. The van der Waals surface area contributed by atoms with Gasteiger partial charge in [-0.1, -0.05) is 24.3 Å². The van der Waals surface area contributed by atoms with Crippen molar-refractivity contribution in [3.05, 3.63) is 53.2 Å². The van der Waals surface area contributed by atoms with Crippen molar-refractivity contribution in [2.45, 2.75) is 38.5 Å². The summed E-state index contributed by atoms with van der Waals surface area (Å²) < 4.78 is 40.6. The lowest BCUT2D eigenvalue weighted by atomic mass is 9.79. The molecule has 2 saturated carbocycles. The van der Waals surface area contributed by atoms with Crippen molar-refractivity contribution in [3.63, 3.8) is 0 Å². The lowest BCUT2D eigenvalue weighted by Crippen LogP contribution is -2.34. The number of hydrogen-bond acceptors (Lipinski definition) is 3. The molecule has 0 aliphatic heterocycles. The molecule has 5 nitrogen and oxygen atoms in total. The van der Waals surface area contributed by atoms with Gasteiger partial charge in [-0.3, -0.25) is 4.79 Å². The molecule has 0 heterocycles. The first kappa shape index (κ1) is 21.7. The number of carboxylic acid groups (broad SMARTS) is 1. The van der Waals surface area contributed by atoms with Crippen molar-refractivity contribution >= 4 is 22.1 Å². The summed E-state index contributed by atoms with van der Waals surface area (Å²) in [6, 6.07) is 5.79. The van der Waals surface area contributed by atoms with E-state index in [0.29, 0.717) is 36.3 Å². The number of rotatable bonds is 10. The highest BCUT2D eigenvalue weighted by Gasteiger charge is 2.46. The maximum atomic E-state index is 13.2. The predicted molar refractivity (Wildman–Crippen MR) is 111 cm³/mol. The molecule has 1 aromatic rings. The van der Waals surface area contributed by atoms with Crippen LogP contribution in [-0.2, 0) is 14.8 Å². The maximum Gasteiger partial charge on any atom is 0.303 e. The summed E-state index contributed by atoms with van der Waals surface area (Å²) in [5, 5.41) is 9.80. The normalized spacial score (nSPS) is 26.7. The van der Waals surface area contributed by atoms with Crippen LogP contribution in [0.15, 0.2) is 41.8 Å². The number of aliphatic carboxylic acids is 1. The number of benzene rings is 1. The van der Waals surface area contributed by atoms with E-state index in [0.717, 1.165) is 24.7 Å². The van der Waals surface area contributed by atoms with E-state index >= 15 is 0 Å². The van der Waals surface area contributed by atoms with Crippen molar-refractivity contribution in [3.8, 4) is 0 Å². The second-order valence-electron chi connectivity index (χ2n) is 8.04. The number of carboxylic acids is 1. The fourth-order valence-electron chi connectivity index (χ4n) is 4.72. The number of nitrogens with one attached hydrogen (secondary N) is 1. The van der Waals surface area contributed by atoms with Gasteiger partial charge in [-0.2, -0.15) is 0 Å². The zero-order chi connectivity index (χ0) is 20.9. The molecule has 3 rings (SSSR count). The Balaban J connectivity index is 1.56. The van der Waals surface area contributed by atoms with Gasteiger partial charge in [0.05, 0.1) is 0 Å². The Hall–Kier alpha value is -1.99. The zero-order valence-corrected chi connectivity index (χ0v) is 17.2. The SMILES string of the molecule is O=C(O)CCC/C=C/C1C2CCC(C2)C1CNS(=O)(=O)/C=C/c1cccc(F)c1. The van der Waals surface area contributed by atoms with Gasteiger partial charge in [-0.25, -0.2) is 17.5 Å². The highest BCUT2D eigenvalue weighted by atomic mass is 32.2. The number of sulfonamides is 1. The molecule has 0 aromatic heterocycles. The first-order valence-electron chi connectivity index (χ1n) is 10.2. The van der Waals surface area contributed by atoms with Crippen LogP contribution in [0, 0.1) is 29.5 Å². The number of unbranched alkanes of at least 4 members (excludes halogenated alkanes) is 1. The molecule has 0 radical (unpaired) electrons. The van der Waals surface area contributed by atoms with E-state index in [-0.39, 0.29) is 12.3 Å². The Bertz CT molecular complexity index is 881.